The molecule has 0 bridgehead atoms. The summed E-state index contributed by atoms with van der Waals surface area (Å²) in [5, 5.41) is 0. The van der Waals surface area contributed by atoms with E-state index in [1.165, 1.54) is 57.6 Å². The Morgan fingerprint density at radius 3 is 1.73 bits per heavy atom. The minimum absolute atomic E-state index is 0.109. The molecule has 3 aliphatic carbocycles. The molecule has 0 amide bonds. The minimum atomic E-state index is -3.51. The molecular weight excluding hydrogens is 572 g/mol. The van der Waals surface area contributed by atoms with Crippen molar-refractivity contribution in [1.82, 2.24) is 0 Å². The maximum atomic E-state index is 5.21. The van der Waals surface area contributed by atoms with Crippen molar-refractivity contribution in [2.45, 2.75) is 89.4 Å². The number of rotatable bonds is 6. The molecular formula is C40H48Zr. The number of benzene rings is 3. The third kappa shape index (κ3) is 5.16. The molecule has 0 heterocycles. The summed E-state index contributed by atoms with van der Waals surface area (Å²) >= 11 is -3.51. The van der Waals surface area contributed by atoms with Crippen molar-refractivity contribution in [2.24, 2.45) is 5.92 Å². The van der Waals surface area contributed by atoms with Gasteiger partial charge in [0.1, 0.15) is 0 Å². The van der Waals surface area contributed by atoms with Crippen molar-refractivity contribution in [1.29, 1.82) is 0 Å². The van der Waals surface area contributed by atoms with Crippen LogP contribution in [0.5, 0.6) is 0 Å². The topological polar surface area (TPSA) is 0 Å². The van der Waals surface area contributed by atoms with E-state index in [9.17, 15) is 0 Å². The first kappa shape index (κ1) is 28.9. The molecule has 1 saturated carbocycles. The van der Waals surface area contributed by atoms with E-state index in [0.717, 1.165) is 0 Å². The second-order valence-corrected chi connectivity index (χ2v) is 25.7. The van der Waals surface area contributed by atoms with Crippen molar-refractivity contribution in [2.75, 3.05) is 0 Å². The SMILES string of the molecule is C=[C](C1CCCC1)[Zr]([CH2]c1ccccc1)([CH]1C=CC=C1)[CH]1c2cc(C(C)(C)C)ccc2-c2ccc(C(C)(C)C)cc21. The Bertz CT molecular complexity index is 1430. The van der Waals surface area contributed by atoms with Gasteiger partial charge < -0.3 is 0 Å². The predicted octanol–water partition coefficient (Wildman–Crippen LogP) is 11.3. The fraction of sp³-hybridized carbons (Fsp3) is 0.400. The number of hydrogen-bond donors (Lipinski definition) is 0. The van der Waals surface area contributed by atoms with Crippen LogP contribution in [0.15, 0.2) is 101 Å². The van der Waals surface area contributed by atoms with Crippen molar-refractivity contribution in [3.63, 3.8) is 0 Å². The fourth-order valence-corrected chi connectivity index (χ4v) is 23.5. The van der Waals surface area contributed by atoms with Crippen LogP contribution in [0.3, 0.4) is 0 Å². The van der Waals surface area contributed by atoms with E-state index in [1.807, 2.05) is 0 Å². The molecule has 0 radical (unpaired) electrons. The quantitative estimate of drug-likeness (QED) is 0.257. The average Bonchev–Trinajstić information content (AvgIpc) is 3.71. The summed E-state index contributed by atoms with van der Waals surface area (Å²) in [5.41, 5.74) is 10.8. The molecule has 0 N–H and O–H groups in total. The zero-order chi connectivity index (χ0) is 29.0. The summed E-state index contributed by atoms with van der Waals surface area (Å²) in [6.45, 7) is 19.4. The van der Waals surface area contributed by atoms with E-state index in [2.05, 4.69) is 133 Å². The van der Waals surface area contributed by atoms with E-state index in [-0.39, 0.29) is 10.8 Å². The van der Waals surface area contributed by atoms with Crippen LogP contribution in [-0.2, 0) is 35.2 Å². The van der Waals surface area contributed by atoms with Gasteiger partial charge in [0, 0.05) is 0 Å². The summed E-state index contributed by atoms with van der Waals surface area (Å²) in [6, 6.07) is 26.4. The van der Waals surface area contributed by atoms with E-state index < -0.39 is 20.3 Å². The van der Waals surface area contributed by atoms with Crippen LogP contribution < -0.4 is 0 Å². The van der Waals surface area contributed by atoms with Gasteiger partial charge in [-0.1, -0.05) is 0 Å². The normalized spacial score (nSPS) is 19.0. The summed E-state index contributed by atoms with van der Waals surface area (Å²) < 4.78 is 3.85. The van der Waals surface area contributed by atoms with Crippen molar-refractivity contribution >= 4 is 0 Å². The van der Waals surface area contributed by atoms with E-state index in [4.69, 9.17) is 6.58 Å². The van der Waals surface area contributed by atoms with Gasteiger partial charge in [-0.05, 0) is 0 Å². The van der Waals surface area contributed by atoms with Gasteiger partial charge in [-0.25, -0.2) is 0 Å². The first-order chi connectivity index (χ1) is 19.5. The van der Waals surface area contributed by atoms with Crippen molar-refractivity contribution < 1.29 is 20.3 Å². The molecule has 212 valence electrons. The molecule has 6 rings (SSSR count). The van der Waals surface area contributed by atoms with Crippen LogP contribution in [0.2, 0.25) is 3.63 Å². The number of hydrogen-bond acceptors (Lipinski definition) is 0. The van der Waals surface area contributed by atoms with E-state index >= 15 is 0 Å². The summed E-state index contributed by atoms with van der Waals surface area (Å²) in [4.78, 5) is 0. The van der Waals surface area contributed by atoms with Crippen molar-refractivity contribution in [3.05, 3.63) is 129 Å². The third-order valence-electron chi connectivity index (χ3n) is 10.4. The van der Waals surface area contributed by atoms with Gasteiger partial charge >= 0.3 is 255 Å². The summed E-state index contributed by atoms with van der Waals surface area (Å²) in [7, 11) is 0. The predicted molar refractivity (Wildman–Crippen MR) is 174 cm³/mol. The molecule has 3 aliphatic rings. The Kier molecular flexibility index (Phi) is 7.60. The monoisotopic (exact) mass is 618 g/mol. The van der Waals surface area contributed by atoms with Crippen molar-refractivity contribution in [3.8, 4) is 11.1 Å². The van der Waals surface area contributed by atoms with Crippen LogP contribution in [0.1, 0.15) is 98.7 Å². The Morgan fingerprint density at radius 2 is 1.24 bits per heavy atom. The molecule has 1 heteroatoms. The van der Waals surface area contributed by atoms with Crippen LogP contribution in [-0.4, -0.2) is 0 Å². The van der Waals surface area contributed by atoms with Crippen LogP contribution in [0, 0.1) is 5.92 Å². The molecule has 1 atom stereocenters. The van der Waals surface area contributed by atoms with Gasteiger partial charge in [-0.2, -0.15) is 0 Å². The average molecular weight is 620 g/mol. The first-order valence-electron chi connectivity index (χ1n) is 15.9. The van der Waals surface area contributed by atoms with Gasteiger partial charge in [0.15, 0.2) is 0 Å². The Morgan fingerprint density at radius 1 is 0.732 bits per heavy atom. The summed E-state index contributed by atoms with van der Waals surface area (Å²) in [5.74, 6) is 0.668. The van der Waals surface area contributed by atoms with Gasteiger partial charge in [-0.15, -0.1) is 0 Å². The first-order valence-corrected chi connectivity index (χ1v) is 21.7. The van der Waals surface area contributed by atoms with Crippen LogP contribution >= 0.6 is 0 Å². The van der Waals surface area contributed by atoms with Gasteiger partial charge in [0.05, 0.1) is 0 Å². The molecule has 3 aromatic rings. The molecule has 1 unspecified atom stereocenters. The molecule has 3 aromatic carbocycles. The molecule has 1 fully saturated rings. The number of fused-ring (bicyclic) bond motifs is 3. The van der Waals surface area contributed by atoms with Crippen LogP contribution in [0.4, 0.5) is 0 Å². The fourth-order valence-electron chi connectivity index (χ4n) is 8.04. The van der Waals surface area contributed by atoms with E-state index in [0.29, 0.717) is 13.2 Å². The molecule has 0 aromatic heterocycles. The molecule has 0 saturated heterocycles. The molecule has 41 heavy (non-hydrogen) atoms. The number of allylic oxidation sites excluding steroid dienone is 5. The molecule has 0 aliphatic heterocycles. The third-order valence-corrected chi connectivity index (χ3v) is 24.7. The Labute approximate surface area is 254 Å². The zero-order valence-corrected chi connectivity index (χ0v) is 28.6. The Balaban J connectivity index is 1.68. The van der Waals surface area contributed by atoms with Gasteiger partial charge in [-0.3, -0.25) is 0 Å². The molecule has 0 nitrogen and oxygen atoms in total. The molecule has 0 spiro atoms. The standard InChI is InChI=1S/C21H25.C7H7.C7H11.C5H5.Zr/c1-20(2,3)16-7-9-18-14(12-16)11-15-13-17(21(4,5)6)8-10-19(15)18;1-7-5-3-2-4-6-7;1-2-7-5-3-4-6-7;1-2-4-5-3-1;/h7-13H,1-6H3;2-6H,1H2;7H,1,3-6H2;1-5H;. The van der Waals surface area contributed by atoms with Crippen LogP contribution in [0.25, 0.3) is 11.1 Å². The summed E-state index contributed by atoms with van der Waals surface area (Å²) in [6.07, 6.45) is 15.2. The maximum absolute atomic E-state index is 5.21. The zero-order valence-electron chi connectivity index (χ0n) is 26.1. The second kappa shape index (κ2) is 10.8. The Hall–Kier alpha value is -2.24. The second-order valence-electron chi connectivity index (χ2n) is 15.0. The van der Waals surface area contributed by atoms with Gasteiger partial charge in [0.2, 0.25) is 0 Å². The van der Waals surface area contributed by atoms with E-state index in [1.54, 1.807) is 14.4 Å². The van der Waals surface area contributed by atoms with Gasteiger partial charge in [0.25, 0.3) is 0 Å².